The number of aliphatic imine (C=N–C) groups is 1. The van der Waals surface area contributed by atoms with Crippen molar-refractivity contribution in [3.63, 3.8) is 0 Å². The van der Waals surface area contributed by atoms with E-state index in [-0.39, 0.29) is 5.91 Å². The number of hydrogen-bond donors (Lipinski definition) is 3. The first-order valence-electron chi connectivity index (χ1n) is 8.44. The highest BCUT2D eigenvalue weighted by atomic mass is 16.1. The molecular weight excluding hydrogens is 290 g/mol. The number of amides is 1. The fourth-order valence-electron chi connectivity index (χ4n) is 2.60. The number of nitrogens with one attached hydrogen (secondary N) is 3. The Bertz CT molecular complexity index is 520. The van der Waals surface area contributed by atoms with Crippen LogP contribution in [0.2, 0.25) is 0 Å². The van der Waals surface area contributed by atoms with Crippen molar-refractivity contribution in [2.24, 2.45) is 4.99 Å². The van der Waals surface area contributed by atoms with E-state index in [0.29, 0.717) is 24.8 Å². The molecule has 2 rings (SSSR count). The van der Waals surface area contributed by atoms with Crippen LogP contribution in [0, 0.1) is 6.92 Å². The van der Waals surface area contributed by atoms with Gasteiger partial charge in [0.2, 0.25) is 5.91 Å². The Morgan fingerprint density at radius 3 is 2.78 bits per heavy atom. The Kier molecular flexibility index (Phi) is 6.84. The van der Waals surface area contributed by atoms with E-state index in [2.05, 4.69) is 25.9 Å². The van der Waals surface area contributed by atoms with Gasteiger partial charge < -0.3 is 16.0 Å². The molecule has 0 atom stereocenters. The summed E-state index contributed by atoms with van der Waals surface area (Å²) >= 11 is 0. The summed E-state index contributed by atoms with van der Waals surface area (Å²) in [6.45, 7) is 5.28. The number of pyridine rings is 1. The van der Waals surface area contributed by atoms with Gasteiger partial charge in [0.1, 0.15) is 5.82 Å². The molecule has 1 fully saturated rings. The monoisotopic (exact) mass is 317 g/mol. The van der Waals surface area contributed by atoms with Gasteiger partial charge in [0.25, 0.3) is 0 Å². The second-order valence-electron chi connectivity index (χ2n) is 5.91. The fraction of sp³-hybridized carbons (Fsp3) is 0.588. The van der Waals surface area contributed by atoms with Crippen molar-refractivity contribution in [3.8, 4) is 0 Å². The normalized spacial score (nSPS) is 15.5. The van der Waals surface area contributed by atoms with Gasteiger partial charge in [-0.2, -0.15) is 0 Å². The van der Waals surface area contributed by atoms with Gasteiger partial charge in [0, 0.05) is 25.2 Å². The molecule has 0 saturated heterocycles. The van der Waals surface area contributed by atoms with Crippen molar-refractivity contribution >= 4 is 17.7 Å². The molecule has 0 bridgehead atoms. The Balaban J connectivity index is 1.77. The first kappa shape index (κ1) is 17.2. The standard InChI is InChI=1S/C17H27N5O/c1-3-18-17(21-14-6-4-5-7-14)19-11-10-16(23)22-15-9-8-13(2)12-20-15/h8-9,12,14H,3-7,10-11H2,1-2H3,(H2,18,19,21)(H,20,22,23). The molecule has 126 valence electrons. The van der Waals surface area contributed by atoms with Crippen LogP contribution >= 0.6 is 0 Å². The van der Waals surface area contributed by atoms with Crippen molar-refractivity contribution in [1.82, 2.24) is 15.6 Å². The Hall–Kier alpha value is -2.11. The summed E-state index contributed by atoms with van der Waals surface area (Å²) in [5.74, 6) is 1.32. The third kappa shape index (κ3) is 6.26. The summed E-state index contributed by atoms with van der Waals surface area (Å²) in [5.41, 5.74) is 1.07. The van der Waals surface area contributed by atoms with E-state index in [1.807, 2.05) is 26.0 Å². The minimum atomic E-state index is -0.0678. The van der Waals surface area contributed by atoms with Crippen molar-refractivity contribution in [2.75, 3.05) is 18.4 Å². The number of anilines is 1. The van der Waals surface area contributed by atoms with Crippen molar-refractivity contribution in [2.45, 2.75) is 52.0 Å². The molecule has 1 aliphatic carbocycles. The lowest BCUT2D eigenvalue weighted by Crippen LogP contribution is -2.42. The van der Waals surface area contributed by atoms with Gasteiger partial charge in [-0.15, -0.1) is 0 Å². The number of aromatic nitrogens is 1. The molecule has 1 heterocycles. The number of rotatable bonds is 6. The summed E-state index contributed by atoms with van der Waals surface area (Å²) in [4.78, 5) is 20.6. The molecular formula is C17H27N5O. The van der Waals surface area contributed by atoms with Crippen LogP contribution in [0.15, 0.2) is 23.3 Å². The molecule has 1 aromatic heterocycles. The molecule has 0 aromatic carbocycles. The van der Waals surface area contributed by atoms with Crippen molar-refractivity contribution < 1.29 is 4.79 Å². The van der Waals surface area contributed by atoms with Crippen LogP contribution in [0.4, 0.5) is 5.82 Å². The molecule has 1 aromatic rings. The number of guanidine groups is 1. The van der Waals surface area contributed by atoms with E-state index in [0.717, 1.165) is 18.1 Å². The lowest BCUT2D eigenvalue weighted by Gasteiger charge is -2.16. The quantitative estimate of drug-likeness (QED) is 0.555. The maximum Gasteiger partial charge on any atom is 0.227 e. The number of aryl methyl sites for hydroxylation is 1. The third-order valence-corrected chi connectivity index (χ3v) is 3.83. The van der Waals surface area contributed by atoms with Crippen LogP contribution < -0.4 is 16.0 Å². The molecule has 1 aliphatic rings. The van der Waals surface area contributed by atoms with E-state index in [1.165, 1.54) is 25.7 Å². The second kappa shape index (κ2) is 9.12. The highest BCUT2D eigenvalue weighted by Gasteiger charge is 2.15. The van der Waals surface area contributed by atoms with Crippen LogP contribution in [0.25, 0.3) is 0 Å². The minimum absolute atomic E-state index is 0.0678. The molecule has 0 radical (unpaired) electrons. The highest BCUT2D eigenvalue weighted by Crippen LogP contribution is 2.17. The van der Waals surface area contributed by atoms with Crippen LogP contribution in [0.5, 0.6) is 0 Å². The summed E-state index contributed by atoms with van der Waals surface area (Å²) in [7, 11) is 0. The Labute approximate surface area is 138 Å². The lowest BCUT2D eigenvalue weighted by molar-refractivity contribution is -0.116. The maximum atomic E-state index is 11.9. The van der Waals surface area contributed by atoms with E-state index in [4.69, 9.17) is 0 Å². The maximum absolute atomic E-state index is 11.9. The molecule has 3 N–H and O–H groups in total. The average Bonchev–Trinajstić information content (AvgIpc) is 3.03. The fourth-order valence-corrected chi connectivity index (χ4v) is 2.60. The zero-order valence-corrected chi connectivity index (χ0v) is 14.1. The number of carbonyl (C=O) groups excluding carboxylic acids is 1. The van der Waals surface area contributed by atoms with E-state index in [1.54, 1.807) is 6.20 Å². The van der Waals surface area contributed by atoms with Gasteiger partial charge in [0.15, 0.2) is 5.96 Å². The van der Waals surface area contributed by atoms with Crippen LogP contribution in [0.3, 0.4) is 0 Å². The van der Waals surface area contributed by atoms with E-state index in [9.17, 15) is 4.79 Å². The molecule has 23 heavy (non-hydrogen) atoms. The van der Waals surface area contributed by atoms with Gasteiger partial charge in [0.05, 0.1) is 6.54 Å². The zero-order valence-electron chi connectivity index (χ0n) is 14.1. The smallest absolute Gasteiger partial charge is 0.227 e. The number of hydrogen-bond acceptors (Lipinski definition) is 3. The molecule has 0 spiro atoms. The highest BCUT2D eigenvalue weighted by molar-refractivity contribution is 5.90. The van der Waals surface area contributed by atoms with Gasteiger partial charge in [-0.25, -0.2) is 4.98 Å². The van der Waals surface area contributed by atoms with Crippen molar-refractivity contribution in [1.29, 1.82) is 0 Å². The SMILES string of the molecule is CCNC(=NCCC(=O)Nc1ccc(C)cn1)NC1CCCC1. The summed E-state index contributed by atoms with van der Waals surface area (Å²) in [6.07, 6.45) is 7.04. The van der Waals surface area contributed by atoms with E-state index >= 15 is 0 Å². The zero-order chi connectivity index (χ0) is 16.5. The molecule has 1 saturated carbocycles. The first-order valence-corrected chi connectivity index (χ1v) is 8.44. The Morgan fingerprint density at radius 2 is 2.13 bits per heavy atom. The average molecular weight is 317 g/mol. The number of carbonyl (C=O) groups is 1. The van der Waals surface area contributed by atoms with E-state index < -0.39 is 0 Å². The molecule has 0 unspecified atom stereocenters. The van der Waals surface area contributed by atoms with Crippen molar-refractivity contribution in [3.05, 3.63) is 23.9 Å². The van der Waals surface area contributed by atoms with Crippen LogP contribution in [-0.4, -0.2) is 36.0 Å². The largest absolute Gasteiger partial charge is 0.357 e. The van der Waals surface area contributed by atoms with Crippen LogP contribution in [-0.2, 0) is 4.79 Å². The minimum Gasteiger partial charge on any atom is -0.357 e. The van der Waals surface area contributed by atoms with Gasteiger partial charge in [-0.3, -0.25) is 9.79 Å². The Morgan fingerprint density at radius 1 is 1.35 bits per heavy atom. The second-order valence-corrected chi connectivity index (χ2v) is 5.91. The summed E-state index contributed by atoms with van der Waals surface area (Å²) in [5, 5.41) is 9.46. The van der Waals surface area contributed by atoms with Gasteiger partial charge in [-0.1, -0.05) is 18.9 Å². The molecule has 1 amide bonds. The topological polar surface area (TPSA) is 78.4 Å². The number of nitrogens with zero attached hydrogens (tertiary/aromatic N) is 2. The molecule has 0 aliphatic heterocycles. The third-order valence-electron chi connectivity index (χ3n) is 3.83. The predicted octanol–water partition coefficient (Wildman–Crippen LogP) is 2.22. The first-order chi connectivity index (χ1) is 11.2. The summed E-state index contributed by atoms with van der Waals surface area (Å²) < 4.78 is 0. The predicted molar refractivity (Wildman–Crippen MR) is 93.6 cm³/mol. The van der Waals surface area contributed by atoms with Gasteiger partial charge >= 0.3 is 0 Å². The lowest BCUT2D eigenvalue weighted by atomic mass is 10.2. The molecule has 6 heteroatoms. The van der Waals surface area contributed by atoms with Gasteiger partial charge in [-0.05, 0) is 38.3 Å². The summed E-state index contributed by atoms with van der Waals surface area (Å²) in [6, 6.07) is 4.25. The van der Waals surface area contributed by atoms with Crippen LogP contribution in [0.1, 0.15) is 44.6 Å². The molecule has 6 nitrogen and oxygen atoms in total.